The first-order chi connectivity index (χ1) is 10.6. The second-order valence-electron chi connectivity index (χ2n) is 5.29. The molecule has 0 unspecified atom stereocenters. The van der Waals surface area contributed by atoms with Crippen LogP contribution in [0.15, 0.2) is 46.2 Å². The summed E-state index contributed by atoms with van der Waals surface area (Å²) in [6.45, 7) is 6.17. The van der Waals surface area contributed by atoms with Gasteiger partial charge in [-0.15, -0.1) is 10.2 Å². The molecule has 22 heavy (non-hydrogen) atoms. The number of oxazole rings is 1. The number of hydrogen-bond acceptors (Lipinski definition) is 5. The Morgan fingerprint density at radius 2 is 2.00 bits per heavy atom. The topological polar surface area (TPSA) is 56.7 Å². The Morgan fingerprint density at radius 1 is 1.23 bits per heavy atom. The van der Waals surface area contributed by atoms with E-state index in [9.17, 15) is 0 Å². The van der Waals surface area contributed by atoms with Crippen LogP contribution in [-0.2, 0) is 5.75 Å². The van der Waals surface area contributed by atoms with Crippen molar-refractivity contribution in [3.63, 3.8) is 0 Å². The van der Waals surface area contributed by atoms with Gasteiger partial charge in [-0.25, -0.2) is 4.98 Å². The van der Waals surface area contributed by atoms with Crippen LogP contribution < -0.4 is 0 Å². The fourth-order valence-corrected chi connectivity index (χ4v) is 3.13. The highest BCUT2D eigenvalue weighted by Crippen LogP contribution is 2.27. The Bertz CT molecular complexity index is 749. The number of aromatic nitrogens is 4. The van der Waals surface area contributed by atoms with Gasteiger partial charge in [-0.1, -0.05) is 30.0 Å². The van der Waals surface area contributed by atoms with Crippen LogP contribution in [-0.4, -0.2) is 19.7 Å². The molecule has 0 fully saturated rings. The molecule has 0 saturated heterocycles. The van der Waals surface area contributed by atoms with Crippen LogP contribution >= 0.6 is 11.8 Å². The molecule has 0 aliphatic carbocycles. The maximum absolute atomic E-state index is 5.78. The molecule has 1 aromatic carbocycles. The molecule has 2 aromatic heterocycles. The first-order valence-electron chi connectivity index (χ1n) is 7.19. The molecule has 5 nitrogen and oxygen atoms in total. The van der Waals surface area contributed by atoms with Gasteiger partial charge >= 0.3 is 0 Å². The molecule has 0 N–H and O–H groups in total. The lowest BCUT2D eigenvalue weighted by Gasteiger charge is -2.08. The van der Waals surface area contributed by atoms with E-state index in [-0.39, 0.29) is 0 Å². The summed E-state index contributed by atoms with van der Waals surface area (Å²) in [4.78, 5) is 4.61. The summed E-state index contributed by atoms with van der Waals surface area (Å²) in [6, 6.07) is 10.3. The number of rotatable bonds is 5. The molecular weight excluding hydrogens is 296 g/mol. The summed E-state index contributed by atoms with van der Waals surface area (Å²) in [5, 5.41) is 9.05. The van der Waals surface area contributed by atoms with E-state index in [1.54, 1.807) is 18.1 Å². The monoisotopic (exact) mass is 314 g/mol. The Hall–Kier alpha value is -2.08. The van der Waals surface area contributed by atoms with Crippen LogP contribution in [0.1, 0.15) is 31.3 Å². The van der Waals surface area contributed by atoms with Crippen molar-refractivity contribution in [1.82, 2.24) is 19.7 Å². The summed E-state index contributed by atoms with van der Waals surface area (Å²) >= 11 is 1.62. The molecule has 0 spiro atoms. The lowest BCUT2D eigenvalue weighted by Crippen LogP contribution is -2.01. The van der Waals surface area contributed by atoms with Crippen molar-refractivity contribution in [3.8, 4) is 11.5 Å². The summed E-state index contributed by atoms with van der Waals surface area (Å²) in [7, 11) is 0. The first kappa shape index (κ1) is 14.8. The van der Waals surface area contributed by atoms with Crippen LogP contribution in [0.4, 0.5) is 0 Å². The van der Waals surface area contributed by atoms with Crippen LogP contribution in [0.25, 0.3) is 11.5 Å². The summed E-state index contributed by atoms with van der Waals surface area (Å²) < 4.78 is 7.83. The fraction of sp³-hybridized carbons (Fsp3) is 0.312. The van der Waals surface area contributed by atoms with E-state index in [4.69, 9.17) is 4.42 Å². The minimum absolute atomic E-state index is 0.343. The SMILES string of the molecule is Cc1oc(-c2ccccc2)nc1CSc1nncn1C(C)C. The second kappa shape index (κ2) is 6.36. The summed E-state index contributed by atoms with van der Waals surface area (Å²) in [5.74, 6) is 2.23. The van der Waals surface area contributed by atoms with E-state index in [1.165, 1.54) is 0 Å². The van der Waals surface area contributed by atoms with Crippen molar-refractivity contribution in [2.24, 2.45) is 0 Å². The predicted molar refractivity (Wildman–Crippen MR) is 86.6 cm³/mol. The molecule has 0 atom stereocenters. The standard InChI is InChI=1S/C16H18N4OS/c1-11(2)20-10-17-19-16(20)22-9-14-12(3)21-15(18-14)13-7-5-4-6-8-13/h4-8,10-11H,9H2,1-3H3. The van der Waals surface area contributed by atoms with Crippen molar-refractivity contribution < 1.29 is 4.42 Å². The quantitative estimate of drug-likeness (QED) is 0.663. The van der Waals surface area contributed by atoms with Crippen LogP contribution in [0.5, 0.6) is 0 Å². The van der Waals surface area contributed by atoms with Crippen LogP contribution in [0, 0.1) is 6.92 Å². The van der Waals surface area contributed by atoms with Gasteiger partial charge < -0.3 is 8.98 Å². The minimum atomic E-state index is 0.343. The van der Waals surface area contributed by atoms with Crippen molar-refractivity contribution in [1.29, 1.82) is 0 Å². The van der Waals surface area contributed by atoms with Crippen molar-refractivity contribution >= 4 is 11.8 Å². The van der Waals surface area contributed by atoms with Gasteiger partial charge in [0.2, 0.25) is 5.89 Å². The number of thioether (sulfide) groups is 1. The zero-order valence-electron chi connectivity index (χ0n) is 12.9. The Labute approximate surface area is 133 Å². The van der Waals surface area contributed by atoms with Crippen molar-refractivity contribution in [2.45, 2.75) is 37.7 Å². The Kier molecular flexibility index (Phi) is 4.29. The van der Waals surface area contributed by atoms with E-state index in [0.717, 1.165) is 22.2 Å². The molecule has 3 aromatic rings. The molecule has 6 heteroatoms. The van der Waals surface area contributed by atoms with Crippen LogP contribution in [0.2, 0.25) is 0 Å². The lowest BCUT2D eigenvalue weighted by atomic mass is 10.2. The van der Waals surface area contributed by atoms with Gasteiger partial charge in [0.25, 0.3) is 0 Å². The predicted octanol–water partition coefficient (Wildman–Crippen LogP) is 4.11. The van der Waals surface area contributed by atoms with Crippen molar-refractivity contribution in [2.75, 3.05) is 0 Å². The van der Waals surface area contributed by atoms with E-state index >= 15 is 0 Å². The highest BCUT2D eigenvalue weighted by molar-refractivity contribution is 7.98. The Balaban J connectivity index is 1.76. The summed E-state index contributed by atoms with van der Waals surface area (Å²) in [5.41, 5.74) is 1.94. The van der Waals surface area contributed by atoms with Gasteiger partial charge in [0.15, 0.2) is 5.16 Å². The zero-order chi connectivity index (χ0) is 15.5. The van der Waals surface area contributed by atoms with Gasteiger partial charge in [-0.3, -0.25) is 0 Å². The molecular formula is C16H18N4OS. The molecule has 2 heterocycles. The maximum Gasteiger partial charge on any atom is 0.226 e. The van der Waals surface area contributed by atoms with E-state index in [0.29, 0.717) is 17.7 Å². The molecule has 0 bridgehead atoms. The van der Waals surface area contributed by atoms with Gasteiger partial charge in [0.05, 0.1) is 5.69 Å². The molecule has 0 amide bonds. The van der Waals surface area contributed by atoms with Gasteiger partial charge in [-0.05, 0) is 32.9 Å². The molecule has 0 aliphatic rings. The third-order valence-corrected chi connectivity index (χ3v) is 4.32. The molecule has 3 rings (SSSR count). The Morgan fingerprint density at radius 3 is 2.73 bits per heavy atom. The molecule has 0 radical (unpaired) electrons. The zero-order valence-corrected chi connectivity index (χ0v) is 13.7. The van der Waals surface area contributed by atoms with E-state index in [1.807, 2.05) is 37.3 Å². The molecule has 0 saturated carbocycles. The second-order valence-corrected chi connectivity index (χ2v) is 6.23. The highest BCUT2D eigenvalue weighted by atomic mass is 32.2. The largest absolute Gasteiger partial charge is 0.441 e. The highest BCUT2D eigenvalue weighted by Gasteiger charge is 2.14. The number of aryl methyl sites for hydroxylation is 1. The van der Waals surface area contributed by atoms with Crippen molar-refractivity contribution in [3.05, 3.63) is 48.1 Å². The summed E-state index contributed by atoms with van der Waals surface area (Å²) in [6.07, 6.45) is 1.76. The minimum Gasteiger partial charge on any atom is -0.441 e. The smallest absolute Gasteiger partial charge is 0.226 e. The van der Waals surface area contributed by atoms with E-state index in [2.05, 4.69) is 33.6 Å². The van der Waals surface area contributed by atoms with Crippen LogP contribution in [0.3, 0.4) is 0 Å². The number of nitrogens with zero attached hydrogens (tertiary/aromatic N) is 4. The van der Waals surface area contributed by atoms with E-state index < -0.39 is 0 Å². The first-order valence-corrected chi connectivity index (χ1v) is 8.17. The average Bonchev–Trinajstić information content (AvgIpc) is 3.12. The average molecular weight is 314 g/mol. The van der Waals surface area contributed by atoms with Gasteiger partial charge in [0, 0.05) is 17.4 Å². The number of benzene rings is 1. The normalized spacial score (nSPS) is 11.3. The third-order valence-electron chi connectivity index (χ3n) is 3.35. The third kappa shape index (κ3) is 3.06. The maximum atomic E-state index is 5.78. The fourth-order valence-electron chi connectivity index (χ4n) is 2.09. The molecule has 114 valence electrons. The van der Waals surface area contributed by atoms with Gasteiger partial charge in [0.1, 0.15) is 12.1 Å². The van der Waals surface area contributed by atoms with Gasteiger partial charge in [-0.2, -0.15) is 0 Å². The lowest BCUT2D eigenvalue weighted by molar-refractivity contribution is 0.540. The molecule has 0 aliphatic heterocycles. The number of hydrogen-bond donors (Lipinski definition) is 0.